The summed E-state index contributed by atoms with van der Waals surface area (Å²) in [5.41, 5.74) is 0.920. The van der Waals surface area contributed by atoms with Crippen molar-refractivity contribution in [2.24, 2.45) is 0 Å². The van der Waals surface area contributed by atoms with E-state index in [0.29, 0.717) is 5.88 Å². The van der Waals surface area contributed by atoms with Crippen LogP contribution in [0.3, 0.4) is 0 Å². The Kier molecular flexibility index (Phi) is 3.81. The molecule has 0 saturated carbocycles. The van der Waals surface area contributed by atoms with Gasteiger partial charge in [0.1, 0.15) is 5.75 Å². The number of pyridine rings is 1. The maximum Gasteiger partial charge on any atom is 0.219 e. The predicted octanol–water partition coefficient (Wildman–Crippen LogP) is 4.55. The number of halogens is 2. The van der Waals surface area contributed by atoms with Gasteiger partial charge in [-0.05, 0) is 63.6 Å². The largest absolute Gasteiger partial charge is 0.438 e. The highest BCUT2D eigenvalue weighted by molar-refractivity contribution is 14.1. The van der Waals surface area contributed by atoms with Gasteiger partial charge in [-0.1, -0.05) is 12.1 Å². The van der Waals surface area contributed by atoms with E-state index in [1.165, 1.54) is 0 Å². The van der Waals surface area contributed by atoms with E-state index in [1.54, 1.807) is 0 Å². The number of nitrogens with zero attached hydrogens (tertiary/aromatic N) is 1. The number of aromatic nitrogens is 1. The van der Waals surface area contributed by atoms with E-state index in [1.807, 2.05) is 43.3 Å². The molecule has 0 aliphatic rings. The van der Waals surface area contributed by atoms with Crippen LogP contribution in [-0.4, -0.2) is 4.98 Å². The fourth-order valence-corrected chi connectivity index (χ4v) is 1.94. The Morgan fingerprint density at radius 1 is 1.19 bits per heavy atom. The van der Waals surface area contributed by atoms with Crippen LogP contribution in [0.5, 0.6) is 11.6 Å². The highest BCUT2D eigenvalue weighted by atomic mass is 127. The van der Waals surface area contributed by atoms with Crippen LogP contribution >= 0.6 is 38.5 Å². The lowest BCUT2D eigenvalue weighted by Gasteiger charge is -2.07. The van der Waals surface area contributed by atoms with Gasteiger partial charge in [0.15, 0.2) is 0 Å². The Morgan fingerprint density at radius 3 is 2.62 bits per heavy atom. The van der Waals surface area contributed by atoms with Gasteiger partial charge in [0.05, 0.1) is 9.26 Å². The molecule has 0 amide bonds. The Morgan fingerprint density at radius 2 is 1.94 bits per heavy atom. The van der Waals surface area contributed by atoms with E-state index < -0.39 is 0 Å². The minimum absolute atomic E-state index is 0.616. The highest BCUT2D eigenvalue weighted by Crippen LogP contribution is 2.26. The SMILES string of the molecule is Cc1nc(Oc2ccccc2I)ccc1Br. The molecular formula is C12H9BrINO. The minimum atomic E-state index is 0.616. The number of aryl methyl sites for hydroxylation is 1. The van der Waals surface area contributed by atoms with Crippen LogP contribution in [0.4, 0.5) is 0 Å². The Labute approximate surface area is 116 Å². The summed E-state index contributed by atoms with van der Waals surface area (Å²) >= 11 is 5.65. The van der Waals surface area contributed by atoms with Crippen LogP contribution in [0, 0.1) is 10.5 Å². The van der Waals surface area contributed by atoms with Gasteiger partial charge in [0.25, 0.3) is 0 Å². The Balaban J connectivity index is 2.28. The molecule has 1 heterocycles. The average Bonchev–Trinajstić information content (AvgIpc) is 2.27. The molecule has 0 saturated heterocycles. The van der Waals surface area contributed by atoms with Crippen molar-refractivity contribution in [3.8, 4) is 11.6 Å². The van der Waals surface area contributed by atoms with Crippen molar-refractivity contribution >= 4 is 38.5 Å². The van der Waals surface area contributed by atoms with E-state index in [2.05, 4.69) is 43.5 Å². The quantitative estimate of drug-likeness (QED) is 0.703. The van der Waals surface area contributed by atoms with E-state index >= 15 is 0 Å². The van der Waals surface area contributed by atoms with Gasteiger partial charge in [0, 0.05) is 10.5 Å². The maximum atomic E-state index is 5.71. The molecule has 0 radical (unpaired) electrons. The molecule has 4 heteroatoms. The lowest BCUT2D eigenvalue weighted by molar-refractivity contribution is 0.458. The first-order valence-electron chi connectivity index (χ1n) is 4.72. The zero-order valence-electron chi connectivity index (χ0n) is 8.58. The zero-order valence-corrected chi connectivity index (χ0v) is 12.3. The van der Waals surface area contributed by atoms with Crippen molar-refractivity contribution in [2.75, 3.05) is 0 Å². The van der Waals surface area contributed by atoms with E-state index in [-0.39, 0.29) is 0 Å². The summed E-state index contributed by atoms with van der Waals surface area (Å²) in [4.78, 5) is 4.34. The molecule has 0 bridgehead atoms. The van der Waals surface area contributed by atoms with Crippen LogP contribution in [0.25, 0.3) is 0 Å². The van der Waals surface area contributed by atoms with E-state index in [0.717, 1.165) is 19.5 Å². The van der Waals surface area contributed by atoms with Crippen molar-refractivity contribution < 1.29 is 4.74 Å². The van der Waals surface area contributed by atoms with Gasteiger partial charge >= 0.3 is 0 Å². The molecule has 0 unspecified atom stereocenters. The van der Waals surface area contributed by atoms with Crippen molar-refractivity contribution in [1.29, 1.82) is 0 Å². The van der Waals surface area contributed by atoms with Gasteiger partial charge < -0.3 is 4.74 Å². The van der Waals surface area contributed by atoms with Crippen LogP contribution < -0.4 is 4.74 Å². The first-order chi connectivity index (χ1) is 7.66. The van der Waals surface area contributed by atoms with Crippen LogP contribution in [0.15, 0.2) is 40.9 Å². The summed E-state index contributed by atoms with van der Waals surface area (Å²) in [6, 6.07) is 11.6. The molecule has 2 nitrogen and oxygen atoms in total. The Bertz CT molecular complexity index is 516. The third-order valence-corrected chi connectivity index (χ3v) is 3.78. The van der Waals surface area contributed by atoms with Gasteiger partial charge in [-0.15, -0.1) is 0 Å². The summed E-state index contributed by atoms with van der Waals surface area (Å²) in [6.07, 6.45) is 0. The molecule has 82 valence electrons. The first-order valence-corrected chi connectivity index (χ1v) is 6.59. The summed E-state index contributed by atoms with van der Waals surface area (Å²) in [5, 5.41) is 0. The minimum Gasteiger partial charge on any atom is -0.438 e. The molecule has 0 aliphatic carbocycles. The summed E-state index contributed by atoms with van der Waals surface area (Å²) in [6.45, 7) is 1.94. The molecule has 0 fully saturated rings. The average molecular weight is 390 g/mol. The predicted molar refractivity (Wildman–Crippen MR) is 75.9 cm³/mol. The molecule has 1 aromatic carbocycles. The molecule has 0 spiro atoms. The highest BCUT2D eigenvalue weighted by Gasteiger charge is 2.04. The van der Waals surface area contributed by atoms with Crippen molar-refractivity contribution in [1.82, 2.24) is 4.98 Å². The molecule has 2 aromatic rings. The number of benzene rings is 1. The van der Waals surface area contributed by atoms with Crippen molar-refractivity contribution in [3.05, 3.63) is 50.1 Å². The summed E-state index contributed by atoms with van der Waals surface area (Å²) in [7, 11) is 0. The van der Waals surface area contributed by atoms with Crippen LogP contribution in [0.1, 0.15) is 5.69 Å². The van der Waals surface area contributed by atoms with Crippen molar-refractivity contribution in [3.63, 3.8) is 0 Å². The third kappa shape index (κ3) is 2.74. The topological polar surface area (TPSA) is 22.1 Å². The number of para-hydroxylation sites is 1. The van der Waals surface area contributed by atoms with Gasteiger partial charge in [-0.2, -0.15) is 0 Å². The third-order valence-electron chi connectivity index (χ3n) is 2.05. The standard InChI is InChI=1S/C12H9BrINO/c1-8-9(13)6-7-12(15-8)16-11-5-3-2-4-10(11)14/h2-7H,1H3. The van der Waals surface area contributed by atoms with E-state index in [9.17, 15) is 0 Å². The smallest absolute Gasteiger partial charge is 0.219 e. The number of ether oxygens (including phenoxy) is 1. The molecule has 1 aromatic heterocycles. The van der Waals surface area contributed by atoms with Crippen LogP contribution in [0.2, 0.25) is 0 Å². The Hall–Kier alpha value is -0.620. The van der Waals surface area contributed by atoms with Gasteiger partial charge in [-0.25, -0.2) is 4.98 Å². The summed E-state index contributed by atoms with van der Waals surface area (Å²) in [5.74, 6) is 1.45. The number of hydrogen-bond acceptors (Lipinski definition) is 2. The second kappa shape index (κ2) is 5.14. The van der Waals surface area contributed by atoms with Crippen LogP contribution in [-0.2, 0) is 0 Å². The first kappa shape index (κ1) is 11.9. The molecule has 0 N–H and O–H groups in total. The monoisotopic (exact) mass is 389 g/mol. The fraction of sp³-hybridized carbons (Fsp3) is 0.0833. The molecule has 2 rings (SSSR count). The second-order valence-electron chi connectivity index (χ2n) is 3.25. The number of hydrogen-bond donors (Lipinski definition) is 0. The van der Waals surface area contributed by atoms with Gasteiger partial charge in [-0.3, -0.25) is 0 Å². The number of rotatable bonds is 2. The molecule has 0 aliphatic heterocycles. The molecular weight excluding hydrogens is 381 g/mol. The molecule has 16 heavy (non-hydrogen) atoms. The zero-order chi connectivity index (χ0) is 11.5. The normalized spacial score (nSPS) is 10.2. The maximum absolute atomic E-state index is 5.71. The van der Waals surface area contributed by atoms with E-state index in [4.69, 9.17) is 4.74 Å². The molecule has 0 atom stereocenters. The lowest BCUT2D eigenvalue weighted by Crippen LogP contribution is -1.91. The second-order valence-corrected chi connectivity index (χ2v) is 5.27. The summed E-state index contributed by atoms with van der Waals surface area (Å²) < 4.78 is 7.77. The lowest BCUT2D eigenvalue weighted by atomic mass is 10.3. The van der Waals surface area contributed by atoms with Crippen molar-refractivity contribution in [2.45, 2.75) is 6.92 Å². The fourth-order valence-electron chi connectivity index (χ4n) is 1.22. The van der Waals surface area contributed by atoms with Gasteiger partial charge in [0.2, 0.25) is 5.88 Å².